The number of benzene rings is 1. The zero-order valence-electron chi connectivity index (χ0n) is 9.31. The molecule has 0 fully saturated rings. The van der Waals surface area contributed by atoms with Gasteiger partial charge in [-0.1, -0.05) is 15.9 Å². The van der Waals surface area contributed by atoms with Crippen molar-refractivity contribution in [2.24, 2.45) is 0 Å². The molecule has 17 heavy (non-hydrogen) atoms. The molecular formula is C11H13BrN2O3. The largest absolute Gasteiger partial charge is 0.480 e. The van der Waals surface area contributed by atoms with E-state index in [-0.39, 0.29) is 12.5 Å². The Morgan fingerprint density at radius 3 is 2.59 bits per heavy atom. The highest BCUT2D eigenvalue weighted by Crippen LogP contribution is 2.19. The summed E-state index contributed by atoms with van der Waals surface area (Å²) in [5.41, 5.74) is 6.36. The molecule has 5 nitrogen and oxygen atoms in total. The number of carboxylic acids is 1. The second-order valence-corrected chi connectivity index (χ2v) is 4.36. The van der Waals surface area contributed by atoms with Gasteiger partial charge in [0, 0.05) is 16.7 Å². The lowest BCUT2D eigenvalue weighted by molar-refractivity contribution is -0.137. The molecule has 1 rings (SSSR count). The number of likely N-dealkylation sites (N-methyl/N-ethyl adjacent to an activating group) is 1. The molecule has 0 spiro atoms. The first kappa shape index (κ1) is 13.5. The Morgan fingerprint density at radius 1 is 1.47 bits per heavy atom. The van der Waals surface area contributed by atoms with Gasteiger partial charge in [0.1, 0.15) is 6.54 Å². The van der Waals surface area contributed by atoms with Crippen LogP contribution in [0.4, 0.5) is 5.69 Å². The molecule has 0 saturated heterocycles. The molecule has 0 aliphatic rings. The summed E-state index contributed by atoms with van der Waals surface area (Å²) in [6.45, 7) is 1.71. The highest BCUT2D eigenvalue weighted by molar-refractivity contribution is 9.10. The molecule has 0 unspecified atom stereocenters. The number of amides is 1. The number of carboxylic acid groups (broad SMARTS) is 1. The van der Waals surface area contributed by atoms with Gasteiger partial charge in [-0.2, -0.15) is 0 Å². The van der Waals surface area contributed by atoms with E-state index in [0.717, 1.165) is 4.47 Å². The van der Waals surface area contributed by atoms with Crippen LogP contribution in [0, 0.1) is 0 Å². The van der Waals surface area contributed by atoms with Gasteiger partial charge >= 0.3 is 5.97 Å². The van der Waals surface area contributed by atoms with E-state index in [1.165, 1.54) is 4.90 Å². The highest BCUT2D eigenvalue weighted by atomic mass is 79.9. The van der Waals surface area contributed by atoms with Crippen molar-refractivity contribution in [3.05, 3.63) is 28.2 Å². The van der Waals surface area contributed by atoms with E-state index in [1.807, 2.05) is 0 Å². The van der Waals surface area contributed by atoms with Crippen molar-refractivity contribution in [2.45, 2.75) is 6.92 Å². The fourth-order valence-corrected chi connectivity index (χ4v) is 1.77. The van der Waals surface area contributed by atoms with Gasteiger partial charge in [-0.25, -0.2) is 0 Å². The first-order chi connectivity index (χ1) is 7.95. The second-order valence-electron chi connectivity index (χ2n) is 3.44. The van der Waals surface area contributed by atoms with Crippen molar-refractivity contribution in [1.82, 2.24) is 4.90 Å². The van der Waals surface area contributed by atoms with E-state index in [4.69, 9.17) is 10.8 Å². The van der Waals surface area contributed by atoms with Crippen molar-refractivity contribution in [2.75, 3.05) is 18.8 Å². The van der Waals surface area contributed by atoms with Crippen molar-refractivity contribution < 1.29 is 14.7 Å². The smallest absolute Gasteiger partial charge is 0.323 e. The molecule has 92 valence electrons. The first-order valence-electron chi connectivity index (χ1n) is 5.01. The summed E-state index contributed by atoms with van der Waals surface area (Å²) in [4.78, 5) is 23.8. The van der Waals surface area contributed by atoms with Gasteiger partial charge in [-0.05, 0) is 25.1 Å². The highest BCUT2D eigenvalue weighted by Gasteiger charge is 2.18. The minimum atomic E-state index is -1.05. The third-order valence-electron chi connectivity index (χ3n) is 2.24. The van der Waals surface area contributed by atoms with Crippen LogP contribution in [0.3, 0.4) is 0 Å². The SMILES string of the molecule is CCN(CC(=O)O)C(=O)c1ccc(Br)cc1N. The summed E-state index contributed by atoms with van der Waals surface area (Å²) in [7, 11) is 0. The molecule has 0 bridgehead atoms. The van der Waals surface area contributed by atoms with E-state index >= 15 is 0 Å². The molecule has 0 aliphatic heterocycles. The number of nitrogen functional groups attached to an aromatic ring is 1. The van der Waals surface area contributed by atoms with Crippen LogP contribution in [-0.2, 0) is 4.79 Å². The lowest BCUT2D eigenvalue weighted by Gasteiger charge is -2.19. The zero-order valence-corrected chi connectivity index (χ0v) is 10.9. The van der Waals surface area contributed by atoms with E-state index in [9.17, 15) is 9.59 Å². The lowest BCUT2D eigenvalue weighted by atomic mass is 10.1. The monoisotopic (exact) mass is 300 g/mol. The fourth-order valence-electron chi connectivity index (χ4n) is 1.39. The third-order valence-corrected chi connectivity index (χ3v) is 2.73. The molecule has 0 aliphatic carbocycles. The van der Waals surface area contributed by atoms with Gasteiger partial charge in [0.25, 0.3) is 5.91 Å². The van der Waals surface area contributed by atoms with E-state index in [0.29, 0.717) is 17.8 Å². The molecule has 1 aromatic carbocycles. The van der Waals surface area contributed by atoms with Crippen molar-refractivity contribution >= 4 is 33.5 Å². The van der Waals surface area contributed by atoms with Crippen LogP contribution in [0.1, 0.15) is 17.3 Å². The van der Waals surface area contributed by atoms with Crippen LogP contribution in [0.15, 0.2) is 22.7 Å². The van der Waals surface area contributed by atoms with Crippen LogP contribution in [-0.4, -0.2) is 35.0 Å². The Hall–Kier alpha value is -1.56. The number of nitrogens with two attached hydrogens (primary N) is 1. The van der Waals surface area contributed by atoms with Gasteiger partial charge in [0.05, 0.1) is 5.56 Å². The number of carbonyl (C=O) groups excluding carboxylic acids is 1. The van der Waals surface area contributed by atoms with Crippen LogP contribution < -0.4 is 5.73 Å². The Bertz CT molecular complexity index is 448. The van der Waals surface area contributed by atoms with Gasteiger partial charge < -0.3 is 15.7 Å². The van der Waals surface area contributed by atoms with Crippen molar-refractivity contribution in [3.63, 3.8) is 0 Å². The molecule has 0 aromatic heterocycles. The van der Waals surface area contributed by atoms with E-state index in [1.54, 1.807) is 25.1 Å². The van der Waals surface area contributed by atoms with E-state index in [2.05, 4.69) is 15.9 Å². The number of aliphatic carboxylic acids is 1. The molecule has 6 heteroatoms. The summed E-state index contributed by atoms with van der Waals surface area (Å²) in [6, 6.07) is 4.88. The van der Waals surface area contributed by atoms with Gasteiger partial charge in [-0.15, -0.1) is 0 Å². The number of anilines is 1. The topological polar surface area (TPSA) is 83.6 Å². The maximum atomic E-state index is 12.0. The Kier molecular flexibility index (Phi) is 4.51. The Labute approximate surface area is 107 Å². The number of hydrogen-bond donors (Lipinski definition) is 2. The summed E-state index contributed by atoms with van der Waals surface area (Å²) in [5.74, 6) is -1.42. The first-order valence-corrected chi connectivity index (χ1v) is 5.81. The van der Waals surface area contributed by atoms with Crippen molar-refractivity contribution in [1.29, 1.82) is 0 Å². The number of nitrogens with zero attached hydrogens (tertiary/aromatic N) is 1. The molecule has 0 radical (unpaired) electrons. The van der Waals surface area contributed by atoms with Crippen LogP contribution >= 0.6 is 15.9 Å². The Balaban J connectivity index is 2.97. The molecule has 1 aromatic rings. The number of carbonyl (C=O) groups is 2. The predicted octanol–water partition coefficient (Wildman–Crippen LogP) is 1.58. The third kappa shape index (κ3) is 3.45. The molecule has 0 atom stereocenters. The average molecular weight is 301 g/mol. The van der Waals surface area contributed by atoms with Crippen LogP contribution in [0.5, 0.6) is 0 Å². The molecular weight excluding hydrogens is 288 g/mol. The maximum Gasteiger partial charge on any atom is 0.323 e. The van der Waals surface area contributed by atoms with Crippen molar-refractivity contribution in [3.8, 4) is 0 Å². The van der Waals surface area contributed by atoms with Gasteiger partial charge in [-0.3, -0.25) is 9.59 Å². The molecule has 0 saturated carbocycles. The zero-order chi connectivity index (χ0) is 13.0. The summed E-state index contributed by atoms with van der Waals surface area (Å²) in [6.07, 6.45) is 0. The predicted molar refractivity (Wildman–Crippen MR) is 67.8 cm³/mol. The van der Waals surface area contributed by atoms with Gasteiger partial charge in [0.2, 0.25) is 0 Å². The van der Waals surface area contributed by atoms with E-state index < -0.39 is 5.97 Å². The minimum Gasteiger partial charge on any atom is -0.480 e. The second kappa shape index (κ2) is 5.67. The molecule has 1 amide bonds. The normalized spacial score (nSPS) is 10.0. The summed E-state index contributed by atoms with van der Waals surface area (Å²) >= 11 is 3.24. The Morgan fingerprint density at radius 2 is 2.12 bits per heavy atom. The quantitative estimate of drug-likeness (QED) is 0.827. The van der Waals surface area contributed by atoms with Crippen LogP contribution in [0.25, 0.3) is 0 Å². The number of halogens is 1. The molecule has 0 heterocycles. The lowest BCUT2D eigenvalue weighted by Crippen LogP contribution is -2.35. The standard InChI is InChI=1S/C11H13BrN2O3/c1-2-14(6-10(15)16)11(17)8-4-3-7(12)5-9(8)13/h3-5H,2,6,13H2,1H3,(H,15,16). The summed E-state index contributed by atoms with van der Waals surface area (Å²) < 4.78 is 0.771. The van der Waals surface area contributed by atoms with Gasteiger partial charge in [0.15, 0.2) is 0 Å². The maximum absolute atomic E-state index is 12.0. The number of rotatable bonds is 4. The molecule has 3 N–H and O–H groups in total. The fraction of sp³-hybridized carbons (Fsp3) is 0.273. The summed E-state index contributed by atoms with van der Waals surface area (Å²) in [5, 5.41) is 8.69. The average Bonchev–Trinajstić information content (AvgIpc) is 2.24. The van der Waals surface area contributed by atoms with Crippen LogP contribution in [0.2, 0.25) is 0 Å². The number of hydrogen-bond acceptors (Lipinski definition) is 3. The minimum absolute atomic E-state index is 0.316.